The molecule has 0 radical (unpaired) electrons. The number of nitrogens with one attached hydrogen (secondary N) is 1. The van der Waals surface area contributed by atoms with Crippen LogP contribution in [0, 0.1) is 21.4 Å². The molecule has 1 heterocycles. The Balaban J connectivity index is 2.06. The fourth-order valence-electron chi connectivity index (χ4n) is 1.47. The van der Waals surface area contributed by atoms with Crippen LogP contribution < -0.4 is 5.32 Å². The zero-order chi connectivity index (χ0) is 13.7. The lowest BCUT2D eigenvalue weighted by atomic mass is 10.2. The highest BCUT2D eigenvalue weighted by Crippen LogP contribution is 2.14. The van der Waals surface area contributed by atoms with Crippen molar-refractivity contribution >= 4 is 11.5 Å². The van der Waals surface area contributed by atoms with Gasteiger partial charge in [-0.25, -0.2) is 0 Å². The molecule has 7 nitrogen and oxygen atoms in total. The lowest BCUT2D eigenvalue weighted by Gasteiger charge is -2.05. The minimum absolute atomic E-state index is 0.0426. The lowest BCUT2D eigenvalue weighted by molar-refractivity contribution is -0.384. The summed E-state index contributed by atoms with van der Waals surface area (Å²) in [6.07, 6.45) is 1.44. The van der Waals surface area contributed by atoms with E-state index in [0.29, 0.717) is 17.9 Å². The number of anilines is 1. The largest absolute Gasteiger partial charge is 0.363 e. The molecule has 94 valence electrons. The monoisotopic (exact) mass is 255 g/mol. The van der Waals surface area contributed by atoms with Crippen molar-refractivity contribution in [2.45, 2.75) is 6.54 Å². The van der Waals surface area contributed by atoms with Crippen LogP contribution in [-0.2, 0) is 6.54 Å². The Labute approximate surface area is 108 Å². The average Bonchev–Trinajstić information content (AvgIpc) is 2.45. The Hall–Kier alpha value is -3.01. The molecular formula is C12H9N5O2. The smallest absolute Gasteiger partial charge is 0.269 e. The van der Waals surface area contributed by atoms with Crippen molar-refractivity contribution in [1.82, 2.24) is 10.2 Å². The molecule has 0 saturated heterocycles. The molecule has 2 rings (SSSR count). The van der Waals surface area contributed by atoms with E-state index in [0.717, 1.165) is 5.56 Å². The molecule has 0 amide bonds. The number of hydrogen-bond donors (Lipinski definition) is 1. The number of aromatic nitrogens is 2. The van der Waals surface area contributed by atoms with Gasteiger partial charge in [0.2, 0.25) is 0 Å². The highest BCUT2D eigenvalue weighted by atomic mass is 16.6. The van der Waals surface area contributed by atoms with Crippen LogP contribution in [0.15, 0.2) is 36.5 Å². The fourth-order valence-corrected chi connectivity index (χ4v) is 1.47. The third kappa shape index (κ3) is 3.01. The second-order valence-electron chi connectivity index (χ2n) is 3.68. The summed E-state index contributed by atoms with van der Waals surface area (Å²) in [5, 5.41) is 29.9. The van der Waals surface area contributed by atoms with Crippen LogP contribution in [0.1, 0.15) is 11.1 Å². The van der Waals surface area contributed by atoms with E-state index >= 15 is 0 Å². The number of nitro groups is 1. The first-order valence-corrected chi connectivity index (χ1v) is 5.39. The molecule has 0 saturated carbocycles. The molecule has 0 aliphatic rings. The van der Waals surface area contributed by atoms with E-state index in [-0.39, 0.29) is 5.69 Å². The summed E-state index contributed by atoms with van der Waals surface area (Å²) >= 11 is 0. The van der Waals surface area contributed by atoms with Gasteiger partial charge in [0.25, 0.3) is 5.69 Å². The highest BCUT2D eigenvalue weighted by Gasteiger charge is 2.05. The molecule has 19 heavy (non-hydrogen) atoms. The van der Waals surface area contributed by atoms with Gasteiger partial charge in [-0.3, -0.25) is 10.1 Å². The molecule has 0 spiro atoms. The Morgan fingerprint density at radius 3 is 2.68 bits per heavy atom. The van der Waals surface area contributed by atoms with Gasteiger partial charge in [-0.2, -0.15) is 10.4 Å². The number of rotatable bonds is 4. The molecule has 0 aliphatic heterocycles. The number of benzene rings is 1. The number of nitrogens with zero attached hydrogens (tertiary/aromatic N) is 4. The maximum absolute atomic E-state index is 10.5. The van der Waals surface area contributed by atoms with Crippen molar-refractivity contribution in [3.8, 4) is 6.07 Å². The molecule has 2 aromatic rings. The third-order valence-electron chi connectivity index (χ3n) is 2.45. The standard InChI is InChI=1S/C12H9N5O2/c13-7-10-5-6-15-16-12(10)14-8-9-1-3-11(4-2-9)17(18)19/h1-6H,8H2,(H,14,16). The molecule has 0 unspecified atom stereocenters. The summed E-state index contributed by atoms with van der Waals surface area (Å²) in [5.41, 5.74) is 1.29. The number of non-ortho nitro benzene ring substituents is 1. The minimum Gasteiger partial charge on any atom is -0.363 e. The van der Waals surface area contributed by atoms with Gasteiger partial charge < -0.3 is 5.32 Å². The minimum atomic E-state index is -0.451. The second kappa shape index (κ2) is 5.55. The summed E-state index contributed by atoms with van der Waals surface area (Å²) in [6.45, 7) is 0.408. The number of nitro benzene ring substituents is 1. The van der Waals surface area contributed by atoms with Crippen molar-refractivity contribution in [3.63, 3.8) is 0 Å². The summed E-state index contributed by atoms with van der Waals surface area (Å²) in [5.74, 6) is 0.392. The van der Waals surface area contributed by atoms with Crippen LogP contribution >= 0.6 is 0 Å². The molecule has 0 atom stereocenters. The quantitative estimate of drug-likeness (QED) is 0.660. The van der Waals surface area contributed by atoms with Crippen molar-refractivity contribution in [2.75, 3.05) is 5.32 Å². The van der Waals surface area contributed by atoms with Crippen LogP contribution in [0.3, 0.4) is 0 Å². The van der Waals surface area contributed by atoms with Crippen molar-refractivity contribution in [1.29, 1.82) is 5.26 Å². The normalized spacial score (nSPS) is 9.63. The summed E-state index contributed by atoms with van der Waals surface area (Å²) < 4.78 is 0. The van der Waals surface area contributed by atoms with Crippen LogP contribution in [0.25, 0.3) is 0 Å². The van der Waals surface area contributed by atoms with Gasteiger partial charge >= 0.3 is 0 Å². The number of hydrogen-bond acceptors (Lipinski definition) is 6. The maximum Gasteiger partial charge on any atom is 0.269 e. The number of nitriles is 1. The Bertz CT molecular complexity index is 633. The zero-order valence-corrected chi connectivity index (χ0v) is 9.78. The predicted octanol–water partition coefficient (Wildman–Crippen LogP) is 1.87. The Morgan fingerprint density at radius 1 is 1.32 bits per heavy atom. The van der Waals surface area contributed by atoms with E-state index in [1.54, 1.807) is 18.2 Å². The molecule has 0 bridgehead atoms. The zero-order valence-electron chi connectivity index (χ0n) is 9.78. The molecule has 1 aromatic heterocycles. The van der Waals surface area contributed by atoms with Gasteiger partial charge in [-0.15, -0.1) is 5.10 Å². The van der Waals surface area contributed by atoms with E-state index in [9.17, 15) is 10.1 Å². The first kappa shape index (κ1) is 12.4. The van der Waals surface area contributed by atoms with Gasteiger partial charge in [0.05, 0.1) is 16.7 Å². The Kier molecular flexibility index (Phi) is 3.64. The van der Waals surface area contributed by atoms with Crippen molar-refractivity contribution in [2.24, 2.45) is 0 Å². The molecule has 0 fully saturated rings. The van der Waals surface area contributed by atoms with E-state index in [1.807, 2.05) is 6.07 Å². The van der Waals surface area contributed by atoms with E-state index in [4.69, 9.17) is 5.26 Å². The summed E-state index contributed by atoms with van der Waals surface area (Å²) in [7, 11) is 0. The molecule has 1 aromatic carbocycles. The van der Waals surface area contributed by atoms with Gasteiger partial charge in [-0.05, 0) is 11.6 Å². The van der Waals surface area contributed by atoms with Crippen LogP contribution in [-0.4, -0.2) is 15.1 Å². The first-order chi connectivity index (χ1) is 9.20. The average molecular weight is 255 g/mol. The molecule has 0 aliphatic carbocycles. The van der Waals surface area contributed by atoms with Crippen LogP contribution in [0.5, 0.6) is 0 Å². The van der Waals surface area contributed by atoms with Crippen LogP contribution in [0.2, 0.25) is 0 Å². The first-order valence-electron chi connectivity index (χ1n) is 5.39. The van der Waals surface area contributed by atoms with Crippen LogP contribution in [0.4, 0.5) is 11.5 Å². The lowest BCUT2D eigenvalue weighted by Crippen LogP contribution is -2.04. The summed E-state index contributed by atoms with van der Waals surface area (Å²) in [4.78, 5) is 10.1. The topological polar surface area (TPSA) is 105 Å². The predicted molar refractivity (Wildman–Crippen MR) is 67.2 cm³/mol. The van der Waals surface area contributed by atoms with E-state index in [2.05, 4.69) is 15.5 Å². The molecule has 1 N–H and O–H groups in total. The van der Waals surface area contributed by atoms with Gasteiger partial charge in [0.1, 0.15) is 6.07 Å². The van der Waals surface area contributed by atoms with Gasteiger partial charge in [0.15, 0.2) is 5.82 Å². The summed E-state index contributed by atoms with van der Waals surface area (Å²) in [6, 6.07) is 9.71. The second-order valence-corrected chi connectivity index (χ2v) is 3.68. The van der Waals surface area contributed by atoms with Gasteiger partial charge in [0, 0.05) is 18.7 Å². The molecular weight excluding hydrogens is 246 g/mol. The maximum atomic E-state index is 10.5. The third-order valence-corrected chi connectivity index (χ3v) is 2.45. The fraction of sp³-hybridized carbons (Fsp3) is 0.0833. The Morgan fingerprint density at radius 2 is 2.05 bits per heavy atom. The van der Waals surface area contributed by atoms with Crippen molar-refractivity contribution in [3.05, 3.63) is 57.8 Å². The highest BCUT2D eigenvalue weighted by molar-refractivity contribution is 5.50. The SMILES string of the molecule is N#Cc1ccnnc1NCc1ccc([N+](=O)[O-])cc1. The molecule has 7 heteroatoms. The van der Waals surface area contributed by atoms with E-state index < -0.39 is 4.92 Å². The van der Waals surface area contributed by atoms with Crippen molar-refractivity contribution < 1.29 is 4.92 Å². The van der Waals surface area contributed by atoms with E-state index in [1.165, 1.54) is 18.3 Å². The van der Waals surface area contributed by atoms with Gasteiger partial charge in [-0.1, -0.05) is 12.1 Å².